The van der Waals surface area contributed by atoms with Crippen molar-refractivity contribution >= 4 is 39.1 Å². The first-order valence-electron chi connectivity index (χ1n) is 8.54. The van der Waals surface area contributed by atoms with Gasteiger partial charge in [0.2, 0.25) is 0 Å². The summed E-state index contributed by atoms with van der Waals surface area (Å²) in [4.78, 5) is 24.5. The van der Waals surface area contributed by atoms with Crippen molar-refractivity contribution in [2.75, 3.05) is 11.9 Å². The molecule has 28 heavy (non-hydrogen) atoms. The molecule has 1 aliphatic heterocycles. The monoisotopic (exact) mass is 426 g/mol. The SMILES string of the molecule is CC[C@H](CO)NC(=O)C(=O)Nc1c2c(nn1-c1cccc(Cl)c1)CS(=O)(=O)C2. The van der Waals surface area contributed by atoms with Crippen LogP contribution < -0.4 is 10.6 Å². The number of amides is 2. The van der Waals surface area contributed by atoms with Crippen LogP contribution in [0.25, 0.3) is 5.69 Å². The number of sulfone groups is 1. The summed E-state index contributed by atoms with van der Waals surface area (Å²) >= 11 is 6.02. The minimum atomic E-state index is -3.36. The molecular formula is C17H19ClN4O5S. The molecule has 0 bridgehead atoms. The predicted molar refractivity (Wildman–Crippen MR) is 103 cm³/mol. The van der Waals surface area contributed by atoms with Crippen LogP contribution in [0, 0.1) is 0 Å². The second-order valence-electron chi connectivity index (χ2n) is 6.41. The number of carbonyl (C=O) groups excluding carboxylic acids is 2. The summed E-state index contributed by atoms with van der Waals surface area (Å²) in [6.45, 7) is 1.45. The van der Waals surface area contributed by atoms with Crippen molar-refractivity contribution in [3.63, 3.8) is 0 Å². The van der Waals surface area contributed by atoms with Crippen LogP contribution in [0.2, 0.25) is 5.02 Å². The number of halogens is 1. The van der Waals surface area contributed by atoms with Crippen LogP contribution in [0.5, 0.6) is 0 Å². The van der Waals surface area contributed by atoms with Crippen molar-refractivity contribution in [3.8, 4) is 5.69 Å². The van der Waals surface area contributed by atoms with Gasteiger partial charge in [-0.05, 0) is 24.6 Å². The van der Waals surface area contributed by atoms with Gasteiger partial charge >= 0.3 is 11.8 Å². The summed E-state index contributed by atoms with van der Waals surface area (Å²) in [6, 6.07) is 6.09. The van der Waals surface area contributed by atoms with Gasteiger partial charge in [0.25, 0.3) is 0 Å². The molecule has 0 unspecified atom stereocenters. The summed E-state index contributed by atoms with van der Waals surface area (Å²) < 4.78 is 25.3. The molecule has 0 saturated heterocycles. The summed E-state index contributed by atoms with van der Waals surface area (Å²) in [7, 11) is -3.36. The first kappa shape index (κ1) is 20.3. The maximum atomic E-state index is 12.4. The fraction of sp³-hybridized carbons (Fsp3) is 0.353. The van der Waals surface area contributed by atoms with Gasteiger partial charge in [0.05, 0.1) is 35.5 Å². The zero-order valence-electron chi connectivity index (χ0n) is 15.0. The minimum Gasteiger partial charge on any atom is -0.394 e. The molecule has 2 amide bonds. The first-order chi connectivity index (χ1) is 13.2. The largest absolute Gasteiger partial charge is 0.394 e. The Bertz CT molecular complexity index is 1030. The lowest BCUT2D eigenvalue weighted by molar-refractivity contribution is -0.136. The lowest BCUT2D eigenvalue weighted by Crippen LogP contribution is -2.43. The Kier molecular flexibility index (Phi) is 5.73. The molecule has 150 valence electrons. The van der Waals surface area contributed by atoms with E-state index in [9.17, 15) is 23.1 Å². The van der Waals surface area contributed by atoms with Crippen molar-refractivity contribution in [2.24, 2.45) is 0 Å². The molecule has 0 aliphatic carbocycles. The third kappa shape index (κ3) is 4.18. The second kappa shape index (κ2) is 7.90. The van der Waals surface area contributed by atoms with Crippen molar-refractivity contribution in [2.45, 2.75) is 30.9 Å². The average molecular weight is 427 g/mol. The van der Waals surface area contributed by atoms with E-state index in [4.69, 9.17) is 11.6 Å². The molecule has 9 nitrogen and oxygen atoms in total. The fourth-order valence-electron chi connectivity index (χ4n) is 2.86. The molecule has 2 heterocycles. The third-order valence-electron chi connectivity index (χ3n) is 4.33. The number of hydrogen-bond donors (Lipinski definition) is 3. The van der Waals surface area contributed by atoms with Crippen molar-refractivity contribution in [1.82, 2.24) is 15.1 Å². The number of anilines is 1. The fourth-order valence-corrected chi connectivity index (χ4v) is 4.54. The average Bonchev–Trinajstić information content (AvgIpc) is 3.12. The molecule has 1 aromatic heterocycles. The summed E-state index contributed by atoms with van der Waals surface area (Å²) in [5.74, 6) is -2.34. The Balaban J connectivity index is 1.95. The highest BCUT2D eigenvalue weighted by molar-refractivity contribution is 7.90. The van der Waals surface area contributed by atoms with Gasteiger partial charge in [0.1, 0.15) is 5.82 Å². The Morgan fingerprint density at radius 3 is 2.71 bits per heavy atom. The predicted octanol–water partition coefficient (Wildman–Crippen LogP) is 0.780. The van der Waals surface area contributed by atoms with Gasteiger partial charge in [0, 0.05) is 10.6 Å². The van der Waals surface area contributed by atoms with E-state index < -0.39 is 27.7 Å². The first-order valence-corrected chi connectivity index (χ1v) is 10.7. The van der Waals surface area contributed by atoms with Gasteiger partial charge in [-0.25, -0.2) is 13.1 Å². The van der Waals surface area contributed by atoms with E-state index in [-0.39, 0.29) is 23.9 Å². The Morgan fingerprint density at radius 2 is 2.07 bits per heavy atom. The standard InChI is InChI=1S/C17H19ClN4O5S/c1-2-11(7-23)19-16(24)17(25)20-15-13-8-28(26,27)9-14(13)21-22(15)12-5-3-4-10(18)6-12/h3-6,11,23H,2,7-9H2,1H3,(H,19,24)(H,20,25)/t11-/m1/s1. The van der Waals surface area contributed by atoms with Crippen LogP contribution in [0.4, 0.5) is 5.82 Å². The van der Waals surface area contributed by atoms with Gasteiger partial charge in [-0.3, -0.25) is 9.59 Å². The normalized spacial score (nSPS) is 15.7. The van der Waals surface area contributed by atoms with Gasteiger partial charge < -0.3 is 15.7 Å². The molecule has 11 heteroatoms. The maximum Gasteiger partial charge on any atom is 0.314 e. The highest BCUT2D eigenvalue weighted by Gasteiger charge is 2.34. The maximum absolute atomic E-state index is 12.4. The highest BCUT2D eigenvalue weighted by Crippen LogP contribution is 2.33. The number of aliphatic hydroxyl groups excluding tert-OH is 1. The molecule has 1 aromatic carbocycles. The summed E-state index contributed by atoms with van der Waals surface area (Å²) in [5.41, 5.74) is 1.17. The van der Waals surface area contributed by atoms with Crippen LogP contribution >= 0.6 is 11.6 Å². The molecule has 1 aliphatic rings. The number of fused-ring (bicyclic) bond motifs is 1. The lowest BCUT2D eigenvalue weighted by Gasteiger charge is -2.15. The number of aliphatic hydroxyl groups is 1. The number of nitrogens with one attached hydrogen (secondary N) is 2. The van der Waals surface area contributed by atoms with Crippen molar-refractivity contribution in [3.05, 3.63) is 40.5 Å². The van der Waals surface area contributed by atoms with Crippen molar-refractivity contribution in [1.29, 1.82) is 0 Å². The minimum absolute atomic E-state index is 0.107. The quantitative estimate of drug-likeness (QED) is 0.605. The second-order valence-corrected chi connectivity index (χ2v) is 8.91. The highest BCUT2D eigenvalue weighted by atomic mass is 35.5. The lowest BCUT2D eigenvalue weighted by atomic mass is 10.2. The Labute approximate surface area is 166 Å². The summed E-state index contributed by atoms with van der Waals surface area (Å²) in [6.07, 6.45) is 0.448. The van der Waals surface area contributed by atoms with Gasteiger partial charge in [-0.15, -0.1) is 0 Å². The van der Waals surface area contributed by atoms with E-state index in [0.29, 0.717) is 28.4 Å². The number of benzene rings is 1. The van der Waals surface area contributed by atoms with Crippen LogP contribution in [-0.4, -0.2) is 47.8 Å². The zero-order valence-corrected chi connectivity index (χ0v) is 16.5. The molecule has 3 N–H and O–H groups in total. The number of nitrogens with zero attached hydrogens (tertiary/aromatic N) is 2. The van der Waals surface area contributed by atoms with Crippen LogP contribution in [0.15, 0.2) is 24.3 Å². The van der Waals surface area contributed by atoms with Gasteiger partial charge in [-0.2, -0.15) is 5.10 Å². The van der Waals surface area contributed by atoms with E-state index in [2.05, 4.69) is 15.7 Å². The van der Waals surface area contributed by atoms with Crippen LogP contribution in [0.3, 0.4) is 0 Å². The van der Waals surface area contributed by atoms with E-state index >= 15 is 0 Å². The molecule has 0 fully saturated rings. The van der Waals surface area contributed by atoms with Gasteiger partial charge in [0.15, 0.2) is 9.84 Å². The van der Waals surface area contributed by atoms with Crippen LogP contribution in [0.1, 0.15) is 24.6 Å². The van der Waals surface area contributed by atoms with Gasteiger partial charge in [-0.1, -0.05) is 24.6 Å². The van der Waals surface area contributed by atoms with E-state index in [0.717, 1.165) is 0 Å². The molecule has 1 atom stereocenters. The number of aromatic nitrogens is 2. The van der Waals surface area contributed by atoms with E-state index in [1.165, 1.54) is 4.68 Å². The third-order valence-corrected chi connectivity index (χ3v) is 6.00. The van der Waals surface area contributed by atoms with Crippen LogP contribution in [-0.2, 0) is 30.9 Å². The summed E-state index contributed by atoms with van der Waals surface area (Å²) in [5, 5.41) is 18.8. The zero-order chi connectivity index (χ0) is 20.5. The molecule has 3 rings (SSSR count). The molecule has 2 aromatic rings. The number of carbonyl (C=O) groups is 2. The number of rotatable bonds is 5. The molecule has 0 radical (unpaired) electrons. The Morgan fingerprint density at radius 1 is 1.32 bits per heavy atom. The van der Waals surface area contributed by atoms with E-state index in [1.54, 1.807) is 31.2 Å². The Hall–Kier alpha value is -2.43. The number of hydrogen-bond acceptors (Lipinski definition) is 6. The van der Waals surface area contributed by atoms with E-state index in [1.807, 2.05) is 0 Å². The molecule has 0 spiro atoms. The molecule has 0 saturated carbocycles. The topological polar surface area (TPSA) is 130 Å². The van der Waals surface area contributed by atoms with Crippen molar-refractivity contribution < 1.29 is 23.1 Å². The smallest absolute Gasteiger partial charge is 0.314 e. The molecular weight excluding hydrogens is 408 g/mol.